The van der Waals surface area contributed by atoms with Gasteiger partial charge < -0.3 is 5.11 Å². The first-order chi connectivity index (χ1) is 5.06. The molecule has 0 heterocycles. The van der Waals surface area contributed by atoms with Crippen LogP contribution in [0.2, 0.25) is 0 Å². The minimum atomic E-state index is -1.84. The van der Waals surface area contributed by atoms with Gasteiger partial charge in [-0.3, -0.25) is 5.73 Å². The van der Waals surface area contributed by atoms with Crippen molar-refractivity contribution in [3.8, 4) is 0 Å². The molecule has 11 heavy (non-hydrogen) atoms. The van der Waals surface area contributed by atoms with Crippen molar-refractivity contribution in [2.75, 3.05) is 0 Å². The van der Waals surface area contributed by atoms with E-state index in [0.717, 1.165) is 0 Å². The third kappa shape index (κ3) is 2.46. The van der Waals surface area contributed by atoms with E-state index in [1.807, 2.05) is 0 Å². The molecule has 0 aliphatic rings. The molecule has 0 aromatic heterocycles. The molecular weight excluding hydrogens is 146 g/mol. The van der Waals surface area contributed by atoms with E-state index in [1.165, 1.54) is 12.4 Å². The molecule has 62 valence electrons. The van der Waals surface area contributed by atoms with Gasteiger partial charge in [0.2, 0.25) is 0 Å². The van der Waals surface area contributed by atoms with Crippen molar-refractivity contribution in [3.05, 3.63) is 0 Å². The zero-order valence-corrected chi connectivity index (χ0v) is 6.48. The lowest BCUT2D eigenvalue weighted by atomic mass is 10.4. The quantitative estimate of drug-likeness (QED) is 0.559. The lowest BCUT2D eigenvalue weighted by Gasteiger charge is -2.12. The lowest BCUT2D eigenvalue weighted by Crippen LogP contribution is -2.44. The van der Waals surface area contributed by atoms with Crippen LogP contribution in [0.15, 0.2) is 9.98 Å². The second-order valence-corrected chi connectivity index (χ2v) is 1.81. The molecule has 0 saturated carbocycles. The van der Waals surface area contributed by atoms with Crippen molar-refractivity contribution in [2.45, 2.75) is 19.6 Å². The Hall–Kier alpha value is -1.23. The standard InChI is InChI=1S/C6H11N3O2/c1-3-8-6(7,5(10)11)9-4-2/h3-4H,7H2,1-2H3,(H,10,11). The third-order valence-electron chi connectivity index (χ3n) is 0.967. The van der Waals surface area contributed by atoms with Gasteiger partial charge in [-0.2, -0.15) is 0 Å². The van der Waals surface area contributed by atoms with Crippen molar-refractivity contribution < 1.29 is 9.90 Å². The minimum Gasteiger partial charge on any atom is -0.477 e. The first-order valence-corrected chi connectivity index (χ1v) is 3.08. The van der Waals surface area contributed by atoms with Gasteiger partial charge in [0.05, 0.1) is 0 Å². The largest absolute Gasteiger partial charge is 0.477 e. The van der Waals surface area contributed by atoms with E-state index in [2.05, 4.69) is 9.98 Å². The van der Waals surface area contributed by atoms with Crippen molar-refractivity contribution in [3.63, 3.8) is 0 Å². The van der Waals surface area contributed by atoms with E-state index >= 15 is 0 Å². The van der Waals surface area contributed by atoms with Crippen molar-refractivity contribution in [1.29, 1.82) is 0 Å². The van der Waals surface area contributed by atoms with Crippen LogP contribution >= 0.6 is 0 Å². The van der Waals surface area contributed by atoms with Crippen LogP contribution in [0.3, 0.4) is 0 Å². The summed E-state index contributed by atoms with van der Waals surface area (Å²) in [4.78, 5) is 17.4. The molecule has 0 fully saturated rings. The number of aliphatic carboxylic acids is 1. The monoisotopic (exact) mass is 157 g/mol. The fourth-order valence-electron chi connectivity index (χ4n) is 0.537. The Morgan fingerprint density at radius 1 is 1.45 bits per heavy atom. The second-order valence-electron chi connectivity index (χ2n) is 1.81. The molecule has 0 rings (SSSR count). The van der Waals surface area contributed by atoms with Gasteiger partial charge >= 0.3 is 11.8 Å². The number of hydrogen-bond donors (Lipinski definition) is 2. The van der Waals surface area contributed by atoms with Gasteiger partial charge in [0.25, 0.3) is 0 Å². The van der Waals surface area contributed by atoms with Gasteiger partial charge in [-0.1, -0.05) is 0 Å². The average Bonchev–Trinajstić information content (AvgIpc) is 1.88. The Kier molecular flexibility index (Phi) is 3.39. The van der Waals surface area contributed by atoms with Gasteiger partial charge in [0.1, 0.15) is 0 Å². The molecule has 3 N–H and O–H groups in total. The maximum Gasteiger partial charge on any atom is 0.370 e. The van der Waals surface area contributed by atoms with E-state index in [9.17, 15) is 4.79 Å². The summed E-state index contributed by atoms with van der Waals surface area (Å²) in [6.07, 6.45) is 2.61. The van der Waals surface area contributed by atoms with Crippen LogP contribution in [0.25, 0.3) is 0 Å². The van der Waals surface area contributed by atoms with E-state index in [-0.39, 0.29) is 0 Å². The van der Waals surface area contributed by atoms with Gasteiger partial charge in [0, 0.05) is 12.4 Å². The summed E-state index contributed by atoms with van der Waals surface area (Å²) in [6.45, 7) is 3.16. The van der Waals surface area contributed by atoms with E-state index in [0.29, 0.717) is 0 Å². The summed E-state index contributed by atoms with van der Waals surface area (Å²) >= 11 is 0. The highest BCUT2D eigenvalue weighted by Gasteiger charge is 2.30. The molecule has 0 unspecified atom stereocenters. The highest BCUT2D eigenvalue weighted by atomic mass is 16.4. The molecule has 0 radical (unpaired) electrons. The number of carbonyl (C=O) groups is 1. The van der Waals surface area contributed by atoms with Crippen LogP contribution in [-0.4, -0.2) is 29.3 Å². The number of nitrogens with two attached hydrogens (primary N) is 1. The van der Waals surface area contributed by atoms with Gasteiger partial charge in [-0.05, 0) is 13.8 Å². The maximum absolute atomic E-state index is 10.4. The molecule has 0 aromatic rings. The van der Waals surface area contributed by atoms with Crippen LogP contribution in [0.4, 0.5) is 0 Å². The van der Waals surface area contributed by atoms with E-state index < -0.39 is 11.8 Å². The highest BCUT2D eigenvalue weighted by Crippen LogP contribution is 2.03. The number of carboxylic acid groups (broad SMARTS) is 1. The topological polar surface area (TPSA) is 88.0 Å². The fraction of sp³-hybridized carbons (Fsp3) is 0.500. The van der Waals surface area contributed by atoms with E-state index in [4.69, 9.17) is 10.8 Å². The minimum absolute atomic E-state index is 1.27. The molecule has 0 bridgehead atoms. The number of hydrogen-bond acceptors (Lipinski definition) is 4. The summed E-state index contributed by atoms with van der Waals surface area (Å²) in [6, 6.07) is 0. The van der Waals surface area contributed by atoms with Gasteiger partial charge in [0.15, 0.2) is 0 Å². The normalized spacial score (nSPS) is 17.4. The zero-order valence-electron chi connectivity index (χ0n) is 6.48. The van der Waals surface area contributed by atoms with Crippen molar-refractivity contribution >= 4 is 18.4 Å². The van der Waals surface area contributed by atoms with Crippen molar-refractivity contribution in [1.82, 2.24) is 0 Å². The predicted molar refractivity (Wildman–Crippen MR) is 42.9 cm³/mol. The third-order valence-corrected chi connectivity index (χ3v) is 0.967. The molecule has 0 saturated heterocycles. The Morgan fingerprint density at radius 2 is 1.82 bits per heavy atom. The summed E-state index contributed by atoms with van der Waals surface area (Å²) in [7, 11) is 0. The average molecular weight is 157 g/mol. The summed E-state index contributed by atoms with van der Waals surface area (Å²) in [5.74, 6) is -3.11. The number of nitrogens with zero attached hydrogens (tertiary/aromatic N) is 2. The van der Waals surface area contributed by atoms with Gasteiger partial charge in [-0.15, -0.1) is 0 Å². The summed E-state index contributed by atoms with van der Waals surface area (Å²) in [5, 5.41) is 8.54. The molecule has 0 amide bonds. The number of carboxylic acids is 1. The Morgan fingerprint density at radius 3 is 2.00 bits per heavy atom. The Bertz CT molecular complexity index is 186. The molecule has 5 heteroatoms. The molecule has 0 aliphatic carbocycles. The number of aliphatic imine (C=N–C) groups is 2. The Labute approximate surface area is 64.7 Å². The van der Waals surface area contributed by atoms with Crippen LogP contribution in [0.1, 0.15) is 13.8 Å². The van der Waals surface area contributed by atoms with Crippen LogP contribution in [-0.2, 0) is 4.79 Å². The molecule has 0 atom stereocenters. The summed E-state index contributed by atoms with van der Waals surface area (Å²) < 4.78 is 0. The van der Waals surface area contributed by atoms with Gasteiger partial charge in [-0.25, -0.2) is 14.8 Å². The molecule has 5 nitrogen and oxygen atoms in total. The fourth-order valence-corrected chi connectivity index (χ4v) is 0.537. The molecular formula is C6H11N3O2. The van der Waals surface area contributed by atoms with Crippen LogP contribution < -0.4 is 5.73 Å². The van der Waals surface area contributed by atoms with E-state index in [1.54, 1.807) is 13.8 Å². The second kappa shape index (κ2) is 3.82. The number of rotatable bonds is 3. The lowest BCUT2D eigenvalue weighted by molar-refractivity contribution is -0.142. The maximum atomic E-state index is 10.4. The van der Waals surface area contributed by atoms with Crippen LogP contribution in [0.5, 0.6) is 0 Å². The Balaban J connectivity index is 4.66. The first kappa shape index (κ1) is 9.77. The molecule has 0 spiro atoms. The molecule has 0 aliphatic heterocycles. The molecule has 0 aromatic carbocycles. The zero-order chi connectivity index (χ0) is 8.91. The summed E-state index contributed by atoms with van der Waals surface area (Å²) in [5.41, 5.74) is 5.27. The first-order valence-electron chi connectivity index (χ1n) is 3.08. The highest BCUT2D eigenvalue weighted by molar-refractivity contribution is 5.81. The van der Waals surface area contributed by atoms with Crippen LogP contribution in [0, 0.1) is 0 Å². The van der Waals surface area contributed by atoms with Crippen molar-refractivity contribution in [2.24, 2.45) is 15.7 Å². The SMILES string of the molecule is CC=NC(N)(N=CC)C(=O)O. The predicted octanol–water partition coefficient (Wildman–Crippen LogP) is -0.135. The smallest absolute Gasteiger partial charge is 0.370 e.